The number of carboxylic acids is 1. The average molecular weight is 467 g/mol. The lowest BCUT2D eigenvalue weighted by atomic mass is 9.81. The molecule has 7 nitrogen and oxygen atoms in total. The summed E-state index contributed by atoms with van der Waals surface area (Å²) in [4.78, 5) is 36.7. The van der Waals surface area contributed by atoms with Gasteiger partial charge >= 0.3 is 12.1 Å². The highest BCUT2D eigenvalue weighted by molar-refractivity contribution is 5.84. The van der Waals surface area contributed by atoms with Crippen LogP contribution in [0.3, 0.4) is 0 Å². The molecule has 2 aromatic rings. The number of nitrogens with one attached hydrogen (secondary N) is 2. The zero-order valence-corrected chi connectivity index (χ0v) is 20.1. The highest BCUT2D eigenvalue weighted by atomic mass is 16.5. The van der Waals surface area contributed by atoms with E-state index in [1.54, 1.807) is 0 Å². The molecule has 0 heterocycles. The molecule has 182 valence electrons. The van der Waals surface area contributed by atoms with Crippen molar-refractivity contribution in [1.29, 1.82) is 0 Å². The van der Waals surface area contributed by atoms with Gasteiger partial charge in [0.25, 0.3) is 0 Å². The summed E-state index contributed by atoms with van der Waals surface area (Å²) in [6, 6.07) is 15.8. The summed E-state index contributed by atoms with van der Waals surface area (Å²) in [5.41, 5.74) is 3.75. The fraction of sp³-hybridized carbons (Fsp3) is 0.444. The lowest BCUT2D eigenvalue weighted by Crippen LogP contribution is -2.51. The van der Waals surface area contributed by atoms with Crippen LogP contribution in [0, 0.1) is 5.41 Å². The second kappa shape index (κ2) is 11.2. The number of carbonyl (C=O) groups excluding carboxylic acids is 2. The first-order valence-corrected chi connectivity index (χ1v) is 12.0. The van der Waals surface area contributed by atoms with E-state index in [4.69, 9.17) is 9.84 Å². The second-order valence-electron chi connectivity index (χ2n) is 8.84. The third-order valence-corrected chi connectivity index (χ3v) is 7.00. The third kappa shape index (κ3) is 5.41. The quantitative estimate of drug-likeness (QED) is 0.445. The van der Waals surface area contributed by atoms with Crippen molar-refractivity contribution in [3.63, 3.8) is 0 Å². The number of hydrogen-bond acceptors (Lipinski definition) is 4. The minimum absolute atomic E-state index is 0.0371. The van der Waals surface area contributed by atoms with Crippen LogP contribution in [0.2, 0.25) is 0 Å². The maximum Gasteiger partial charge on any atom is 0.407 e. The van der Waals surface area contributed by atoms with Crippen LogP contribution in [-0.4, -0.2) is 42.3 Å². The molecule has 1 aliphatic rings. The van der Waals surface area contributed by atoms with E-state index < -0.39 is 23.5 Å². The van der Waals surface area contributed by atoms with Crippen molar-refractivity contribution in [2.45, 2.75) is 58.4 Å². The molecule has 3 rings (SSSR count). The van der Waals surface area contributed by atoms with Gasteiger partial charge in [-0.25, -0.2) is 4.79 Å². The molecule has 0 unspecified atom stereocenters. The van der Waals surface area contributed by atoms with Crippen LogP contribution in [0.25, 0.3) is 11.1 Å². The van der Waals surface area contributed by atoms with Crippen LogP contribution in [0.1, 0.15) is 63.5 Å². The molecule has 0 bridgehead atoms. The molecule has 0 radical (unpaired) electrons. The summed E-state index contributed by atoms with van der Waals surface area (Å²) in [5.74, 6) is -1.24. The molecular formula is C27H34N2O5. The summed E-state index contributed by atoms with van der Waals surface area (Å²) in [6.45, 7) is 5.93. The van der Waals surface area contributed by atoms with Gasteiger partial charge in [-0.1, -0.05) is 69.3 Å². The number of rotatable bonds is 11. The maximum atomic E-state index is 13.0. The molecular weight excluding hydrogens is 432 g/mol. The number of hydrogen-bond donors (Lipinski definition) is 3. The number of fused-ring (bicyclic) bond motifs is 3. The summed E-state index contributed by atoms with van der Waals surface area (Å²) in [7, 11) is 0. The van der Waals surface area contributed by atoms with Crippen LogP contribution in [0.4, 0.5) is 4.79 Å². The van der Waals surface area contributed by atoms with Crippen molar-refractivity contribution in [2.75, 3.05) is 13.2 Å². The molecule has 0 fully saturated rings. The number of benzene rings is 2. The van der Waals surface area contributed by atoms with Crippen LogP contribution in [-0.2, 0) is 14.3 Å². The van der Waals surface area contributed by atoms with Crippen LogP contribution < -0.4 is 10.6 Å². The Morgan fingerprint density at radius 1 is 0.971 bits per heavy atom. The standard InChI is InChI=1S/C27H34N2O5/c1-4-18(15-24(30)31)29-25(32)27(5-2,6-3)17-28-26(33)34-16-23-21-13-9-7-11-19(21)20-12-8-10-14-22(20)23/h7-14,18,23H,4-6,15-17H2,1-3H3,(H,28,33)(H,29,32)(H,30,31)/t18-/m0/s1. The summed E-state index contributed by atoms with van der Waals surface area (Å²) >= 11 is 0. The van der Waals surface area contributed by atoms with Crippen LogP contribution >= 0.6 is 0 Å². The van der Waals surface area contributed by atoms with Gasteiger partial charge in [0.05, 0.1) is 11.8 Å². The van der Waals surface area contributed by atoms with Gasteiger partial charge in [0, 0.05) is 18.5 Å². The topological polar surface area (TPSA) is 105 Å². The van der Waals surface area contributed by atoms with Gasteiger partial charge in [-0.3, -0.25) is 9.59 Å². The summed E-state index contributed by atoms with van der Waals surface area (Å²) < 4.78 is 5.60. The monoisotopic (exact) mass is 466 g/mol. The molecule has 1 aliphatic carbocycles. The van der Waals surface area contributed by atoms with Gasteiger partial charge < -0.3 is 20.5 Å². The number of aliphatic carboxylic acids is 1. The molecule has 2 amide bonds. The van der Waals surface area contributed by atoms with Gasteiger partial charge in [-0.15, -0.1) is 0 Å². The Hall–Kier alpha value is -3.35. The number of carboxylic acid groups (broad SMARTS) is 1. The van der Waals surface area contributed by atoms with Crippen molar-refractivity contribution in [3.8, 4) is 11.1 Å². The van der Waals surface area contributed by atoms with E-state index in [9.17, 15) is 14.4 Å². The lowest BCUT2D eigenvalue weighted by Gasteiger charge is -2.32. The number of ether oxygens (including phenoxy) is 1. The van der Waals surface area contributed by atoms with E-state index in [1.807, 2.05) is 45.0 Å². The lowest BCUT2D eigenvalue weighted by molar-refractivity contribution is -0.138. The summed E-state index contributed by atoms with van der Waals surface area (Å²) in [6.07, 6.45) is 0.816. The average Bonchev–Trinajstić information content (AvgIpc) is 3.16. The van der Waals surface area contributed by atoms with Crippen LogP contribution in [0.15, 0.2) is 48.5 Å². The molecule has 3 N–H and O–H groups in total. The largest absolute Gasteiger partial charge is 0.481 e. The van der Waals surface area contributed by atoms with Crippen molar-refractivity contribution < 1.29 is 24.2 Å². The fourth-order valence-corrected chi connectivity index (χ4v) is 4.64. The van der Waals surface area contributed by atoms with Gasteiger partial charge in [-0.2, -0.15) is 0 Å². The van der Waals surface area contributed by atoms with Crippen molar-refractivity contribution in [2.24, 2.45) is 5.41 Å². The first-order chi connectivity index (χ1) is 16.3. The number of amides is 2. The van der Waals surface area contributed by atoms with Crippen molar-refractivity contribution in [3.05, 3.63) is 59.7 Å². The predicted octanol–water partition coefficient (Wildman–Crippen LogP) is 4.70. The summed E-state index contributed by atoms with van der Waals surface area (Å²) in [5, 5.41) is 14.7. The van der Waals surface area contributed by atoms with Crippen molar-refractivity contribution in [1.82, 2.24) is 10.6 Å². The molecule has 0 aromatic heterocycles. The minimum atomic E-state index is -0.956. The SMILES string of the molecule is CC[C@@H](CC(=O)O)NC(=O)C(CC)(CC)CNC(=O)OCC1c2ccccc2-c2ccccc21. The Morgan fingerprint density at radius 2 is 1.53 bits per heavy atom. The first kappa shape index (κ1) is 25.3. The van der Waals surface area contributed by atoms with Gasteiger partial charge in [0.15, 0.2) is 0 Å². The van der Waals surface area contributed by atoms with E-state index in [-0.39, 0.29) is 31.4 Å². The third-order valence-electron chi connectivity index (χ3n) is 7.00. The highest BCUT2D eigenvalue weighted by Gasteiger charge is 2.37. The first-order valence-electron chi connectivity index (χ1n) is 12.0. The van der Waals surface area contributed by atoms with E-state index in [0.29, 0.717) is 19.3 Å². The molecule has 0 saturated heterocycles. The van der Waals surface area contributed by atoms with Crippen molar-refractivity contribution >= 4 is 18.0 Å². The van der Waals surface area contributed by atoms with E-state index >= 15 is 0 Å². The zero-order chi connectivity index (χ0) is 24.7. The Kier molecular flexibility index (Phi) is 8.31. The molecule has 2 aromatic carbocycles. The van der Waals surface area contributed by atoms with E-state index in [1.165, 1.54) is 0 Å². The molecule has 0 saturated carbocycles. The minimum Gasteiger partial charge on any atom is -0.481 e. The molecule has 1 atom stereocenters. The highest BCUT2D eigenvalue weighted by Crippen LogP contribution is 2.44. The van der Waals surface area contributed by atoms with Gasteiger partial charge in [0.1, 0.15) is 6.61 Å². The molecule has 0 aliphatic heterocycles. The Bertz CT molecular complexity index is 986. The Balaban J connectivity index is 1.62. The second-order valence-corrected chi connectivity index (χ2v) is 8.84. The van der Waals surface area contributed by atoms with Gasteiger partial charge in [-0.05, 0) is 41.5 Å². The molecule has 7 heteroatoms. The fourth-order valence-electron chi connectivity index (χ4n) is 4.64. The zero-order valence-electron chi connectivity index (χ0n) is 20.1. The Morgan fingerprint density at radius 3 is 2.03 bits per heavy atom. The predicted molar refractivity (Wildman–Crippen MR) is 131 cm³/mol. The van der Waals surface area contributed by atoms with Crippen LogP contribution in [0.5, 0.6) is 0 Å². The van der Waals surface area contributed by atoms with E-state index in [2.05, 4.69) is 34.9 Å². The molecule has 34 heavy (non-hydrogen) atoms. The molecule has 0 spiro atoms. The van der Waals surface area contributed by atoms with E-state index in [0.717, 1.165) is 22.3 Å². The number of alkyl carbamates (subject to hydrolysis) is 1. The maximum absolute atomic E-state index is 13.0. The normalized spacial score (nSPS) is 13.5. The van der Waals surface area contributed by atoms with Gasteiger partial charge in [0.2, 0.25) is 5.91 Å². The smallest absolute Gasteiger partial charge is 0.407 e. The Labute approximate surface area is 200 Å². The number of carbonyl (C=O) groups is 3.